The highest BCUT2D eigenvalue weighted by atomic mass is 32.1. The first kappa shape index (κ1) is 41.7. The predicted molar refractivity (Wildman–Crippen MR) is 267 cm³/mol. The van der Waals surface area contributed by atoms with Crippen molar-refractivity contribution in [2.75, 3.05) is 0 Å². The molecule has 0 amide bonds. The fraction of sp³-hybridized carbons (Fsp3) is 0.444. The quantitative estimate of drug-likeness (QED) is 0.0420. The van der Waals surface area contributed by atoms with E-state index in [1.807, 2.05) is 45.3 Å². The summed E-state index contributed by atoms with van der Waals surface area (Å²) in [5.41, 5.74) is 0. The summed E-state index contributed by atoms with van der Waals surface area (Å²) in [5.74, 6) is 0. The Hall–Kier alpha value is -3.02. The van der Waals surface area contributed by atoms with E-state index in [0.29, 0.717) is 0 Å². The number of benzene rings is 4. The number of aryl methyl sites for hydroxylation is 2. The minimum Gasteiger partial charge on any atom is -0.139 e. The van der Waals surface area contributed by atoms with Crippen LogP contribution in [0.2, 0.25) is 0 Å². The SMILES string of the molecule is CCCCCCCCCCCCc1ccc(-c2cc3cc4c(ccc5c6cc7cc(-c8ccc(CCCCCCCCCCCC)s8)sc7cc6ccc45)cc3s2)s1. The van der Waals surface area contributed by atoms with E-state index >= 15 is 0 Å². The van der Waals surface area contributed by atoms with Gasteiger partial charge >= 0.3 is 0 Å². The largest absolute Gasteiger partial charge is 0.139 e. The van der Waals surface area contributed by atoms with E-state index in [2.05, 4.69) is 98.8 Å². The van der Waals surface area contributed by atoms with Crippen molar-refractivity contribution in [3.63, 3.8) is 0 Å². The van der Waals surface area contributed by atoms with E-state index in [9.17, 15) is 0 Å². The monoisotopic (exact) mass is 840 g/mol. The first-order valence-corrected chi connectivity index (χ1v) is 26.4. The molecule has 58 heavy (non-hydrogen) atoms. The summed E-state index contributed by atoms with van der Waals surface area (Å²) in [7, 11) is 0. The maximum absolute atomic E-state index is 2.46. The molecule has 4 aromatic heterocycles. The highest BCUT2D eigenvalue weighted by Crippen LogP contribution is 2.43. The average Bonchev–Trinajstić information content (AvgIpc) is 4.07. The van der Waals surface area contributed by atoms with Crippen LogP contribution >= 0.6 is 45.3 Å². The first-order chi connectivity index (χ1) is 28.7. The normalized spacial score (nSPS) is 12.1. The van der Waals surface area contributed by atoms with Crippen molar-refractivity contribution in [2.45, 2.75) is 155 Å². The molecule has 304 valence electrons. The van der Waals surface area contributed by atoms with Crippen molar-refractivity contribution in [1.29, 1.82) is 0 Å². The first-order valence-electron chi connectivity index (χ1n) is 23.1. The lowest BCUT2D eigenvalue weighted by atomic mass is 9.96. The minimum atomic E-state index is 1.23. The Labute approximate surface area is 364 Å². The third-order valence-corrected chi connectivity index (χ3v) is 17.3. The molecule has 0 bridgehead atoms. The Bertz CT molecular complexity index is 2340. The Morgan fingerprint density at radius 1 is 0.293 bits per heavy atom. The van der Waals surface area contributed by atoms with Gasteiger partial charge in [0.05, 0.1) is 0 Å². The molecular weight excluding hydrogens is 777 g/mol. The van der Waals surface area contributed by atoms with E-state index in [1.165, 1.54) is 213 Å². The molecular formula is C54H64S4. The summed E-state index contributed by atoms with van der Waals surface area (Å²) >= 11 is 7.93. The van der Waals surface area contributed by atoms with Gasteiger partial charge in [0.15, 0.2) is 0 Å². The molecule has 8 rings (SSSR count). The molecule has 0 fully saturated rings. The van der Waals surface area contributed by atoms with Crippen LogP contribution in [-0.2, 0) is 12.8 Å². The zero-order valence-corrected chi connectivity index (χ0v) is 38.5. The molecule has 0 aliphatic rings. The zero-order chi connectivity index (χ0) is 39.5. The highest BCUT2D eigenvalue weighted by Gasteiger charge is 2.14. The third kappa shape index (κ3) is 10.5. The summed E-state index contributed by atoms with van der Waals surface area (Å²) in [6, 6.07) is 33.6. The van der Waals surface area contributed by atoms with Crippen LogP contribution < -0.4 is 0 Å². The zero-order valence-electron chi connectivity index (χ0n) is 35.3. The molecule has 0 unspecified atom stereocenters. The van der Waals surface area contributed by atoms with Crippen LogP contribution in [0.5, 0.6) is 0 Å². The maximum atomic E-state index is 2.46. The van der Waals surface area contributed by atoms with Crippen LogP contribution in [0.15, 0.2) is 84.9 Å². The van der Waals surface area contributed by atoms with Crippen molar-refractivity contribution in [3.8, 4) is 19.5 Å². The third-order valence-electron chi connectivity index (χ3n) is 12.5. The lowest BCUT2D eigenvalue weighted by molar-refractivity contribution is 0.557. The molecule has 4 heteroatoms. The number of thiophene rings is 4. The van der Waals surface area contributed by atoms with Crippen LogP contribution in [0, 0.1) is 0 Å². The summed E-state index contributed by atoms with van der Waals surface area (Å²) < 4.78 is 2.78. The standard InChI is InChI=1S/C54H64S4/c1-3-5-7-9-11-13-15-17-19-21-23-43-27-31-49(55-43)53-37-41-33-47-39(35-51(41)57-53)25-29-46-45(47)30-26-40-36-52-42(34-48(40)46)38-54(58-52)50-32-28-44(56-50)24-22-20-18-16-14-12-10-8-6-4-2/h25-38H,3-24H2,1-2H3. The van der Waals surface area contributed by atoms with Gasteiger partial charge in [-0.3, -0.25) is 0 Å². The summed E-state index contributed by atoms with van der Waals surface area (Å²) in [4.78, 5) is 8.76. The Balaban J connectivity index is 0.907. The predicted octanol–water partition coefficient (Wildman–Crippen LogP) is 20.0. The van der Waals surface area contributed by atoms with E-state index in [-0.39, 0.29) is 0 Å². The second-order valence-corrected chi connectivity index (χ2v) is 21.6. The number of rotatable bonds is 24. The van der Waals surface area contributed by atoms with Crippen molar-refractivity contribution >= 4 is 97.8 Å². The number of fused-ring (bicyclic) bond motifs is 7. The van der Waals surface area contributed by atoms with Gasteiger partial charge in [0.1, 0.15) is 0 Å². The van der Waals surface area contributed by atoms with Gasteiger partial charge < -0.3 is 0 Å². The lowest BCUT2D eigenvalue weighted by Crippen LogP contribution is -1.84. The molecule has 0 atom stereocenters. The van der Waals surface area contributed by atoms with Gasteiger partial charge in [-0.25, -0.2) is 0 Å². The molecule has 0 aliphatic carbocycles. The molecule has 0 spiro atoms. The van der Waals surface area contributed by atoms with Crippen LogP contribution in [-0.4, -0.2) is 0 Å². The van der Waals surface area contributed by atoms with Crippen LogP contribution in [0.3, 0.4) is 0 Å². The molecule has 8 aromatic rings. The number of hydrogen-bond donors (Lipinski definition) is 0. The fourth-order valence-corrected chi connectivity index (χ4v) is 13.5. The molecule has 0 nitrogen and oxygen atoms in total. The highest BCUT2D eigenvalue weighted by molar-refractivity contribution is 7.26. The van der Waals surface area contributed by atoms with Gasteiger partial charge in [0.25, 0.3) is 0 Å². The maximum Gasteiger partial charge on any atom is 0.0455 e. The Kier molecular flexibility index (Phi) is 15.1. The van der Waals surface area contributed by atoms with Crippen molar-refractivity contribution in [3.05, 3.63) is 94.7 Å². The molecule has 0 radical (unpaired) electrons. The summed E-state index contributed by atoms with van der Waals surface area (Å²) in [6.07, 6.45) is 30.4. The van der Waals surface area contributed by atoms with E-state index < -0.39 is 0 Å². The summed E-state index contributed by atoms with van der Waals surface area (Å²) in [6.45, 7) is 4.60. The van der Waals surface area contributed by atoms with Crippen molar-refractivity contribution in [1.82, 2.24) is 0 Å². The van der Waals surface area contributed by atoms with E-state index in [4.69, 9.17) is 0 Å². The second-order valence-electron chi connectivity index (χ2n) is 17.1. The van der Waals surface area contributed by atoms with Crippen LogP contribution in [0.1, 0.15) is 152 Å². The van der Waals surface area contributed by atoms with Crippen LogP contribution in [0.4, 0.5) is 0 Å². The van der Waals surface area contributed by atoms with E-state index in [0.717, 1.165) is 0 Å². The van der Waals surface area contributed by atoms with Crippen molar-refractivity contribution < 1.29 is 0 Å². The Morgan fingerprint density at radius 3 is 1.07 bits per heavy atom. The van der Waals surface area contributed by atoms with Gasteiger partial charge in [0.2, 0.25) is 0 Å². The van der Waals surface area contributed by atoms with Gasteiger partial charge in [-0.05, 0) is 129 Å². The van der Waals surface area contributed by atoms with Gasteiger partial charge in [-0.1, -0.05) is 154 Å². The lowest BCUT2D eigenvalue weighted by Gasteiger charge is -2.08. The second kappa shape index (κ2) is 21.0. The average molecular weight is 841 g/mol. The number of unbranched alkanes of at least 4 members (excludes halogenated alkanes) is 18. The smallest absolute Gasteiger partial charge is 0.0455 e. The molecule has 0 saturated carbocycles. The fourth-order valence-electron chi connectivity index (χ4n) is 9.05. The van der Waals surface area contributed by atoms with Gasteiger partial charge in [0, 0.05) is 38.7 Å². The Morgan fingerprint density at radius 2 is 0.672 bits per heavy atom. The van der Waals surface area contributed by atoms with Crippen molar-refractivity contribution in [2.24, 2.45) is 0 Å². The summed E-state index contributed by atoms with van der Waals surface area (Å²) in [5, 5.41) is 10.9. The molecule has 4 heterocycles. The van der Waals surface area contributed by atoms with Gasteiger partial charge in [-0.15, -0.1) is 45.3 Å². The molecule has 4 aromatic carbocycles. The molecule has 0 aliphatic heterocycles. The van der Waals surface area contributed by atoms with Gasteiger partial charge in [-0.2, -0.15) is 0 Å². The minimum absolute atomic E-state index is 1.23. The van der Waals surface area contributed by atoms with Crippen LogP contribution in [0.25, 0.3) is 72.0 Å². The van der Waals surface area contributed by atoms with E-state index in [1.54, 1.807) is 9.75 Å². The topological polar surface area (TPSA) is 0 Å². The number of hydrogen-bond acceptors (Lipinski definition) is 4. The molecule has 0 N–H and O–H groups in total. The molecule has 0 saturated heterocycles.